The summed E-state index contributed by atoms with van der Waals surface area (Å²) in [5.41, 5.74) is 1.83. The van der Waals surface area contributed by atoms with Gasteiger partial charge in [0.05, 0.1) is 6.04 Å². The molecule has 0 saturated carbocycles. The van der Waals surface area contributed by atoms with Crippen LogP contribution in [0.15, 0.2) is 48.5 Å². The van der Waals surface area contributed by atoms with Crippen LogP contribution in [0.1, 0.15) is 48.7 Å². The number of hydrogen-bond acceptors (Lipinski definition) is 3. The quantitative estimate of drug-likeness (QED) is 0.789. The largest absolute Gasteiger partial charge is 0.368 e. The Balaban J connectivity index is 1.70. The lowest BCUT2D eigenvalue weighted by Gasteiger charge is -2.23. The van der Waals surface area contributed by atoms with Gasteiger partial charge in [-0.3, -0.25) is 9.59 Å². The summed E-state index contributed by atoms with van der Waals surface area (Å²) in [6.07, 6.45) is 1.15. The van der Waals surface area contributed by atoms with Crippen molar-refractivity contribution in [3.05, 3.63) is 65.5 Å². The lowest BCUT2D eigenvalue weighted by Crippen LogP contribution is -2.32. The molecule has 0 aliphatic carbocycles. The summed E-state index contributed by atoms with van der Waals surface area (Å²) >= 11 is 0. The average molecular weight is 384 g/mol. The molecule has 3 rings (SSSR count). The molecule has 148 valence electrons. The molecule has 0 spiro atoms. The predicted octanol–water partition coefficient (Wildman–Crippen LogP) is 4.07. The van der Waals surface area contributed by atoms with Gasteiger partial charge < -0.3 is 15.4 Å². The molecule has 2 aromatic carbocycles. The van der Waals surface area contributed by atoms with Crippen molar-refractivity contribution in [3.63, 3.8) is 0 Å². The molecule has 0 radical (unpaired) electrons. The smallest absolute Gasteiger partial charge is 0.253 e. The van der Waals surface area contributed by atoms with Crippen LogP contribution in [0.2, 0.25) is 0 Å². The molecular weight excluding hydrogens is 359 g/mol. The molecule has 2 amide bonds. The van der Waals surface area contributed by atoms with Crippen LogP contribution in [0.4, 0.5) is 10.1 Å². The summed E-state index contributed by atoms with van der Waals surface area (Å²) in [5.74, 6) is -0.637. The van der Waals surface area contributed by atoms with Crippen LogP contribution in [0.25, 0.3) is 0 Å². The highest BCUT2D eigenvalue weighted by Gasteiger charge is 2.24. The van der Waals surface area contributed by atoms with Crippen LogP contribution in [-0.2, 0) is 9.53 Å². The lowest BCUT2D eigenvalue weighted by atomic mass is 9.95. The monoisotopic (exact) mass is 384 g/mol. The summed E-state index contributed by atoms with van der Waals surface area (Å²) in [6.45, 7) is 4.58. The van der Waals surface area contributed by atoms with E-state index in [9.17, 15) is 14.0 Å². The highest BCUT2D eigenvalue weighted by atomic mass is 19.1. The molecule has 1 aliphatic heterocycles. The third-order valence-corrected chi connectivity index (χ3v) is 4.80. The van der Waals surface area contributed by atoms with Gasteiger partial charge in [-0.2, -0.15) is 0 Å². The van der Waals surface area contributed by atoms with E-state index in [2.05, 4.69) is 10.6 Å². The van der Waals surface area contributed by atoms with Crippen molar-refractivity contribution in [1.29, 1.82) is 0 Å². The first-order valence-electron chi connectivity index (χ1n) is 9.53. The van der Waals surface area contributed by atoms with Gasteiger partial charge in [-0.15, -0.1) is 0 Å². The normalized spacial score (nSPS) is 17.4. The summed E-state index contributed by atoms with van der Waals surface area (Å²) in [5, 5.41) is 5.81. The number of hydrogen-bond donors (Lipinski definition) is 2. The maximum Gasteiger partial charge on any atom is 0.253 e. The van der Waals surface area contributed by atoms with E-state index in [0.29, 0.717) is 24.3 Å². The number of ether oxygens (including phenoxy) is 1. The SMILES string of the molecule is CC(C)[C@H](NC(=O)c1cccc(NC(=O)[C@@H]2CCCO2)c1)c1ccc(F)cc1. The molecule has 1 fully saturated rings. The van der Waals surface area contributed by atoms with E-state index in [4.69, 9.17) is 4.74 Å². The third-order valence-electron chi connectivity index (χ3n) is 4.80. The summed E-state index contributed by atoms with van der Waals surface area (Å²) in [4.78, 5) is 25.0. The Hall–Kier alpha value is -2.73. The molecule has 28 heavy (non-hydrogen) atoms. The minimum atomic E-state index is -0.429. The van der Waals surface area contributed by atoms with E-state index in [0.717, 1.165) is 12.0 Å². The average Bonchev–Trinajstić information content (AvgIpc) is 3.22. The van der Waals surface area contributed by atoms with Crippen LogP contribution in [0.5, 0.6) is 0 Å². The second kappa shape index (κ2) is 8.97. The zero-order valence-electron chi connectivity index (χ0n) is 16.1. The molecule has 0 aromatic heterocycles. The van der Waals surface area contributed by atoms with Crippen molar-refractivity contribution >= 4 is 17.5 Å². The highest BCUT2D eigenvalue weighted by Crippen LogP contribution is 2.23. The lowest BCUT2D eigenvalue weighted by molar-refractivity contribution is -0.124. The minimum absolute atomic E-state index is 0.122. The maximum atomic E-state index is 13.2. The fraction of sp³-hybridized carbons (Fsp3) is 0.364. The number of carbonyl (C=O) groups excluding carboxylic acids is 2. The molecule has 6 heteroatoms. The Bertz CT molecular complexity index is 830. The first kappa shape index (κ1) is 20.0. The number of amides is 2. The van der Waals surface area contributed by atoms with Crippen LogP contribution in [0, 0.1) is 11.7 Å². The maximum absolute atomic E-state index is 13.2. The zero-order chi connectivity index (χ0) is 20.1. The van der Waals surface area contributed by atoms with Crippen molar-refractivity contribution < 1.29 is 18.7 Å². The van der Waals surface area contributed by atoms with Crippen molar-refractivity contribution in [2.75, 3.05) is 11.9 Å². The van der Waals surface area contributed by atoms with Crippen LogP contribution >= 0.6 is 0 Å². The minimum Gasteiger partial charge on any atom is -0.368 e. The summed E-state index contributed by atoms with van der Waals surface area (Å²) < 4.78 is 18.6. The topological polar surface area (TPSA) is 67.4 Å². The van der Waals surface area contributed by atoms with Gasteiger partial charge >= 0.3 is 0 Å². The van der Waals surface area contributed by atoms with E-state index < -0.39 is 6.10 Å². The molecule has 2 atom stereocenters. The van der Waals surface area contributed by atoms with Crippen LogP contribution < -0.4 is 10.6 Å². The van der Waals surface area contributed by atoms with Gasteiger partial charge in [0.15, 0.2) is 0 Å². The number of rotatable bonds is 6. The molecule has 5 nitrogen and oxygen atoms in total. The van der Waals surface area contributed by atoms with Crippen molar-refractivity contribution in [3.8, 4) is 0 Å². The van der Waals surface area contributed by atoms with Gasteiger partial charge in [0, 0.05) is 17.9 Å². The molecule has 0 unspecified atom stereocenters. The molecular formula is C22H25FN2O3. The zero-order valence-corrected chi connectivity index (χ0v) is 16.1. The second-order valence-electron chi connectivity index (χ2n) is 7.32. The fourth-order valence-electron chi connectivity index (χ4n) is 3.27. The van der Waals surface area contributed by atoms with Gasteiger partial charge in [-0.05, 0) is 54.7 Å². The second-order valence-corrected chi connectivity index (χ2v) is 7.32. The Labute approximate surface area is 164 Å². The Morgan fingerprint density at radius 1 is 1.14 bits per heavy atom. The van der Waals surface area contributed by atoms with E-state index >= 15 is 0 Å². The standard InChI is InChI=1S/C22H25FN2O3/c1-14(2)20(15-8-10-17(23)11-9-15)25-21(26)16-5-3-6-18(13-16)24-22(27)19-7-4-12-28-19/h3,5-6,8-11,13-14,19-20H,4,7,12H2,1-2H3,(H,24,27)(H,25,26)/t19-,20-/m0/s1. The van der Waals surface area contributed by atoms with Gasteiger partial charge in [0.25, 0.3) is 11.8 Å². The van der Waals surface area contributed by atoms with Gasteiger partial charge in [-0.1, -0.05) is 32.0 Å². The van der Waals surface area contributed by atoms with Crippen LogP contribution in [0.3, 0.4) is 0 Å². The number of benzene rings is 2. The van der Waals surface area contributed by atoms with Gasteiger partial charge in [0.1, 0.15) is 11.9 Å². The van der Waals surface area contributed by atoms with E-state index in [1.807, 2.05) is 13.8 Å². The molecule has 2 N–H and O–H groups in total. The van der Waals surface area contributed by atoms with Crippen molar-refractivity contribution in [2.45, 2.75) is 38.8 Å². The number of halogens is 1. The van der Waals surface area contributed by atoms with Gasteiger partial charge in [-0.25, -0.2) is 4.39 Å². The third kappa shape index (κ3) is 4.95. The molecule has 1 saturated heterocycles. The summed E-state index contributed by atoms with van der Waals surface area (Å²) in [6, 6.07) is 12.7. The van der Waals surface area contributed by atoms with Crippen LogP contribution in [-0.4, -0.2) is 24.5 Å². The van der Waals surface area contributed by atoms with E-state index in [1.54, 1.807) is 36.4 Å². The number of anilines is 1. The Kier molecular flexibility index (Phi) is 6.41. The first-order valence-corrected chi connectivity index (χ1v) is 9.53. The first-order chi connectivity index (χ1) is 13.4. The molecule has 0 bridgehead atoms. The number of carbonyl (C=O) groups is 2. The van der Waals surface area contributed by atoms with Crippen molar-refractivity contribution in [2.24, 2.45) is 5.92 Å². The predicted molar refractivity (Wildman–Crippen MR) is 105 cm³/mol. The molecule has 2 aromatic rings. The molecule has 1 aliphatic rings. The fourth-order valence-corrected chi connectivity index (χ4v) is 3.27. The number of nitrogens with one attached hydrogen (secondary N) is 2. The molecule has 1 heterocycles. The van der Waals surface area contributed by atoms with Crippen molar-refractivity contribution in [1.82, 2.24) is 5.32 Å². The van der Waals surface area contributed by atoms with E-state index in [-0.39, 0.29) is 29.6 Å². The highest BCUT2D eigenvalue weighted by molar-refractivity contribution is 5.98. The van der Waals surface area contributed by atoms with E-state index in [1.165, 1.54) is 12.1 Å². The van der Waals surface area contributed by atoms with Gasteiger partial charge in [0.2, 0.25) is 0 Å². The Morgan fingerprint density at radius 3 is 2.54 bits per heavy atom. The Morgan fingerprint density at radius 2 is 1.89 bits per heavy atom. The summed E-state index contributed by atoms with van der Waals surface area (Å²) in [7, 11) is 0.